The predicted octanol–water partition coefficient (Wildman–Crippen LogP) is 9.55. The molecule has 8 aromatic rings. The van der Waals surface area contributed by atoms with Gasteiger partial charge in [0.25, 0.3) is 0 Å². The first-order chi connectivity index (χ1) is 23.2. The second-order valence-corrected chi connectivity index (χ2v) is 12.4. The van der Waals surface area contributed by atoms with Gasteiger partial charge in [-0.1, -0.05) is 36.4 Å². The topological polar surface area (TPSA) is 38.7 Å². The molecule has 0 saturated heterocycles. The molecule has 8 rings (SSSR count). The van der Waals surface area contributed by atoms with Gasteiger partial charge in [0.2, 0.25) is 0 Å². The third-order valence-corrected chi connectivity index (χ3v) is 9.44. The van der Waals surface area contributed by atoms with Crippen molar-refractivity contribution in [3.8, 4) is 67.5 Å². The van der Waals surface area contributed by atoms with Gasteiger partial charge >= 0.3 is 247 Å². The fourth-order valence-corrected chi connectivity index (χ4v) is 6.85. The molecule has 0 fully saturated rings. The van der Waals surface area contributed by atoms with Crippen LogP contribution >= 0.6 is 0 Å². The molecule has 0 bridgehead atoms. The van der Waals surface area contributed by atoms with E-state index >= 15 is 0 Å². The molecule has 0 saturated carbocycles. The van der Waals surface area contributed by atoms with Gasteiger partial charge in [-0.25, -0.2) is 0 Å². The number of fused-ring (bicyclic) bond motifs is 1. The van der Waals surface area contributed by atoms with E-state index in [1.54, 1.807) is 0 Å². The first-order valence-electron chi connectivity index (χ1n) is 15.6. The number of nitrogens with zero attached hydrogens (tertiary/aromatic N) is 3. The summed E-state index contributed by atoms with van der Waals surface area (Å²) in [4.78, 5) is 14.8. The maximum atomic E-state index is 4.95. The molecule has 0 radical (unpaired) electrons. The summed E-state index contributed by atoms with van der Waals surface area (Å²) < 4.78 is 1.19. The van der Waals surface area contributed by atoms with Crippen molar-refractivity contribution in [2.24, 2.45) is 0 Å². The maximum absolute atomic E-state index is 4.95. The average molecular weight is 667 g/mol. The van der Waals surface area contributed by atoms with Gasteiger partial charge < -0.3 is 0 Å². The summed E-state index contributed by atoms with van der Waals surface area (Å²) in [6, 6.07) is 59.2. The van der Waals surface area contributed by atoms with Crippen molar-refractivity contribution in [2.75, 3.05) is 0 Å². The van der Waals surface area contributed by atoms with E-state index in [-0.39, 0.29) is 0 Å². The molecule has 222 valence electrons. The van der Waals surface area contributed by atoms with Crippen molar-refractivity contribution in [3.63, 3.8) is 0 Å². The van der Waals surface area contributed by atoms with Crippen molar-refractivity contribution in [1.29, 1.82) is 0 Å². The number of benzene rings is 7. The molecule has 0 aliphatic rings. The SMILES string of the molecule is [SeH]c1c(-c2cccc(-c3ccccc3)c2)cccc1-c1ccc2ccc(-c3nc(-c4ccccc4)nc(-c4ccccc4)n3)cc2c1. The fraction of sp³-hybridized carbons (Fsp3) is 0. The molecule has 0 atom stereocenters. The summed E-state index contributed by atoms with van der Waals surface area (Å²) in [5.41, 5.74) is 10.1. The van der Waals surface area contributed by atoms with Crippen LogP contribution in [-0.4, -0.2) is 31.0 Å². The first-order valence-corrected chi connectivity index (χ1v) is 16.5. The number of rotatable bonds is 6. The Morgan fingerprint density at radius 2 is 0.723 bits per heavy atom. The van der Waals surface area contributed by atoms with Gasteiger partial charge in [0.1, 0.15) is 0 Å². The standard InChI is InChI=1S/C43H29N3Se/c47-40-38(34-19-10-18-33(26-34)29-12-4-1-5-13-29)20-11-21-39(40)35-24-22-30-23-25-36(28-37(30)27-35)43-45-41(31-14-6-2-7-15-31)44-42(46-43)32-16-8-3-9-17-32/h1-28,47H. The molecular formula is C43H29N3Se. The van der Waals surface area contributed by atoms with Gasteiger partial charge in [-0.3, -0.25) is 0 Å². The second kappa shape index (κ2) is 12.6. The Bertz CT molecular complexity index is 2300. The van der Waals surface area contributed by atoms with E-state index in [2.05, 4.69) is 125 Å². The van der Waals surface area contributed by atoms with Crippen molar-refractivity contribution in [2.45, 2.75) is 0 Å². The van der Waals surface area contributed by atoms with Gasteiger partial charge in [0, 0.05) is 0 Å². The zero-order chi connectivity index (χ0) is 31.6. The zero-order valence-electron chi connectivity index (χ0n) is 25.5. The van der Waals surface area contributed by atoms with Crippen LogP contribution in [0.25, 0.3) is 78.3 Å². The van der Waals surface area contributed by atoms with Crippen molar-refractivity contribution >= 4 is 31.2 Å². The number of hydrogen-bond donors (Lipinski definition) is 0. The van der Waals surface area contributed by atoms with Crippen LogP contribution in [0.4, 0.5) is 0 Å². The van der Waals surface area contributed by atoms with Crippen LogP contribution in [-0.2, 0) is 0 Å². The summed E-state index contributed by atoms with van der Waals surface area (Å²) >= 11 is 2.81. The van der Waals surface area contributed by atoms with Gasteiger partial charge in [-0.15, -0.1) is 0 Å². The Hall–Kier alpha value is -5.67. The van der Waals surface area contributed by atoms with Crippen LogP contribution in [0.3, 0.4) is 0 Å². The summed E-state index contributed by atoms with van der Waals surface area (Å²) in [7, 11) is 0. The van der Waals surface area contributed by atoms with Crippen molar-refractivity contribution < 1.29 is 0 Å². The Morgan fingerprint density at radius 3 is 1.32 bits per heavy atom. The van der Waals surface area contributed by atoms with Crippen molar-refractivity contribution in [1.82, 2.24) is 15.0 Å². The Morgan fingerprint density at radius 1 is 0.298 bits per heavy atom. The minimum atomic E-state index is 0.651. The summed E-state index contributed by atoms with van der Waals surface area (Å²) in [5, 5.41) is 2.29. The van der Waals surface area contributed by atoms with E-state index in [1.807, 2.05) is 60.7 Å². The van der Waals surface area contributed by atoms with E-state index in [9.17, 15) is 0 Å². The third-order valence-electron chi connectivity index (χ3n) is 8.43. The molecule has 47 heavy (non-hydrogen) atoms. The minimum absolute atomic E-state index is 0.651. The van der Waals surface area contributed by atoms with E-state index < -0.39 is 0 Å². The van der Waals surface area contributed by atoms with Gasteiger partial charge in [-0.05, 0) is 0 Å². The summed E-state index contributed by atoms with van der Waals surface area (Å²) in [5.74, 6) is 1.97. The molecule has 4 heteroatoms. The summed E-state index contributed by atoms with van der Waals surface area (Å²) in [6.45, 7) is 0. The Kier molecular flexibility index (Phi) is 7.72. The average Bonchev–Trinajstić information content (AvgIpc) is 3.15. The van der Waals surface area contributed by atoms with E-state index in [1.165, 1.54) is 32.3 Å². The predicted molar refractivity (Wildman–Crippen MR) is 197 cm³/mol. The molecule has 1 aromatic heterocycles. The zero-order valence-corrected chi connectivity index (χ0v) is 27.3. The molecular weight excluding hydrogens is 637 g/mol. The van der Waals surface area contributed by atoms with Crippen LogP contribution in [0.15, 0.2) is 170 Å². The molecule has 0 unspecified atom stereocenters. The fourth-order valence-electron chi connectivity index (χ4n) is 6.00. The van der Waals surface area contributed by atoms with Crippen molar-refractivity contribution in [3.05, 3.63) is 170 Å². The second-order valence-electron chi connectivity index (χ2n) is 11.5. The van der Waals surface area contributed by atoms with E-state index in [0.29, 0.717) is 17.5 Å². The number of aromatic nitrogens is 3. The molecule has 3 nitrogen and oxygen atoms in total. The molecule has 0 aliphatic carbocycles. The van der Waals surface area contributed by atoms with Crippen LogP contribution < -0.4 is 4.46 Å². The summed E-state index contributed by atoms with van der Waals surface area (Å²) in [6.07, 6.45) is 0. The number of hydrogen-bond acceptors (Lipinski definition) is 3. The van der Waals surface area contributed by atoms with E-state index in [0.717, 1.165) is 33.0 Å². The van der Waals surface area contributed by atoms with Crippen LogP contribution in [0.1, 0.15) is 0 Å². The molecule has 0 amide bonds. The molecule has 0 aliphatic heterocycles. The monoisotopic (exact) mass is 667 g/mol. The Labute approximate surface area is 282 Å². The Balaban J connectivity index is 1.20. The van der Waals surface area contributed by atoms with Crippen LogP contribution in [0.2, 0.25) is 0 Å². The normalized spacial score (nSPS) is 11.1. The molecule has 0 N–H and O–H groups in total. The van der Waals surface area contributed by atoms with Gasteiger partial charge in [-0.2, -0.15) is 0 Å². The quantitative estimate of drug-likeness (QED) is 0.166. The van der Waals surface area contributed by atoms with E-state index in [4.69, 9.17) is 15.0 Å². The van der Waals surface area contributed by atoms with Gasteiger partial charge in [0.05, 0.1) is 0 Å². The molecule has 0 spiro atoms. The molecule has 1 heterocycles. The van der Waals surface area contributed by atoms with Crippen LogP contribution in [0.5, 0.6) is 0 Å². The van der Waals surface area contributed by atoms with Crippen LogP contribution in [0, 0.1) is 0 Å². The molecule has 7 aromatic carbocycles. The van der Waals surface area contributed by atoms with Gasteiger partial charge in [0.15, 0.2) is 0 Å². The third kappa shape index (κ3) is 5.89. The first kappa shape index (κ1) is 28.8.